The molecule has 14 heavy (non-hydrogen) atoms. The van der Waals surface area contributed by atoms with Gasteiger partial charge in [0.15, 0.2) is 0 Å². The molecule has 0 aliphatic carbocycles. The van der Waals surface area contributed by atoms with Crippen LogP contribution in [-0.2, 0) is 0 Å². The van der Waals surface area contributed by atoms with Crippen LogP contribution >= 0.6 is 0 Å². The van der Waals surface area contributed by atoms with Gasteiger partial charge in [-0.1, -0.05) is 13.8 Å². The van der Waals surface area contributed by atoms with Gasteiger partial charge in [0.1, 0.15) is 5.82 Å². The minimum atomic E-state index is -1.61. The second-order valence-corrected chi connectivity index (χ2v) is 2.99. The zero-order valence-electron chi connectivity index (χ0n) is 8.02. The maximum atomic E-state index is 12.7. The molecule has 0 saturated heterocycles. The van der Waals surface area contributed by atoms with Gasteiger partial charge in [-0.3, -0.25) is 0 Å². The number of hydrogen-bond donors (Lipinski definition) is 0. The van der Waals surface area contributed by atoms with Gasteiger partial charge >= 0.3 is 0 Å². The van der Waals surface area contributed by atoms with Gasteiger partial charge in [0, 0.05) is 5.92 Å². The van der Waals surface area contributed by atoms with Crippen molar-refractivity contribution in [3.05, 3.63) is 23.5 Å². The summed E-state index contributed by atoms with van der Waals surface area (Å²) in [6.45, 7) is 3.72. The second kappa shape index (κ2) is 4.39. The van der Waals surface area contributed by atoms with Crippen molar-refractivity contribution in [1.82, 2.24) is 9.97 Å². The molecule has 0 N–H and O–H groups in total. The Morgan fingerprint density at radius 3 is 1.79 bits per heavy atom. The second-order valence-electron chi connectivity index (χ2n) is 2.99. The Morgan fingerprint density at radius 2 is 1.43 bits per heavy atom. The molecule has 0 bridgehead atoms. The number of halogens is 3. The highest BCUT2D eigenvalue weighted by Crippen LogP contribution is 2.20. The molecule has 0 aromatic carbocycles. The van der Waals surface area contributed by atoms with Crippen LogP contribution in [0.15, 0.2) is 0 Å². The molecule has 1 heterocycles. The van der Waals surface area contributed by atoms with Crippen LogP contribution in [0.3, 0.4) is 0 Å². The molecule has 78 valence electrons. The van der Waals surface area contributed by atoms with Crippen molar-refractivity contribution in [1.29, 1.82) is 0 Å². The van der Waals surface area contributed by atoms with E-state index >= 15 is 0 Å². The highest BCUT2D eigenvalue weighted by Gasteiger charge is 2.18. The average molecular weight is 204 g/mol. The predicted molar refractivity (Wildman–Crippen MR) is 45.2 cm³/mol. The molecule has 0 aliphatic rings. The Balaban J connectivity index is 3.11. The highest BCUT2D eigenvalue weighted by atomic mass is 19.2. The van der Waals surface area contributed by atoms with Crippen LogP contribution in [0.1, 0.15) is 38.4 Å². The summed E-state index contributed by atoms with van der Waals surface area (Å²) in [6, 6.07) is 0. The van der Waals surface area contributed by atoms with E-state index in [0.29, 0.717) is 12.8 Å². The largest absolute Gasteiger partial charge is 0.255 e. The van der Waals surface area contributed by atoms with Crippen molar-refractivity contribution in [2.24, 2.45) is 0 Å². The van der Waals surface area contributed by atoms with Crippen molar-refractivity contribution in [3.63, 3.8) is 0 Å². The third-order valence-corrected chi connectivity index (χ3v) is 2.14. The summed E-state index contributed by atoms with van der Waals surface area (Å²) in [5.74, 6) is -4.54. The molecule has 2 nitrogen and oxygen atoms in total. The predicted octanol–water partition coefficient (Wildman–Crippen LogP) is 2.80. The van der Waals surface area contributed by atoms with Crippen molar-refractivity contribution >= 4 is 0 Å². The highest BCUT2D eigenvalue weighted by molar-refractivity contribution is 5.01. The molecule has 1 rings (SSSR count). The zero-order valence-corrected chi connectivity index (χ0v) is 8.02. The topological polar surface area (TPSA) is 25.8 Å². The van der Waals surface area contributed by atoms with Gasteiger partial charge in [-0.25, -0.2) is 9.97 Å². The maximum Gasteiger partial charge on any atom is 0.255 e. The number of nitrogens with zero attached hydrogens (tertiary/aromatic N) is 2. The summed E-state index contributed by atoms with van der Waals surface area (Å²) in [5.41, 5.74) is 0. The maximum absolute atomic E-state index is 12.7. The van der Waals surface area contributed by atoms with E-state index in [4.69, 9.17) is 0 Å². The smallest absolute Gasteiger partial charge is 0.201 e. The van der Waals surface area contributed by atoms with Crippen molar-refractivity contribution in [2.75, 3.05) is 0 Å². The van der Waals surface area contributed by atoms with E-state index in [1.165, 1.54) is 0 Å². The van der Waals surface area contributed by atoms with Crippen molar-refractivity contribution in [2.45, 2.75) is 32.6 Å². The fraction of sp³-hybridized carbons (Fsp3) is 0.556. The lowest BCUT2D eigenvalue weighted by Gasteiger charge is -2.10. The van der Waals surface area contributed by atoms with Gasteiger partial charge in [0.25, 0.3) is 11.9 Å². The lowest BCUT2D eigenvalue weighted by molar-refractivity contribution is 0.391. The molecule has 0 spiro atoms. The summed E-state index contributed by atoms with van der Waals surface area (Å²) < 4.78 is 37.9. The summed E-state index contributed by atoms with van der Waals surface area (Å²) in [5, 5.41) is 0. The lowest BCUT2D eigenvalue weighted by Crippen LogP contribution is -2.09. The number of rotatable bonds is 3. The van der Waals surface area contributed by atoms with Crippen LogP contribution in [0.2, 0.25) is 0 Å². The fourth-order valence-corrected chi connectivity index (χ4v) is 1.25. The SMILES string of the molecule is CCC(CC)c1nc(F)c(F)c(F)n1. The molecule has 0 unspecified atom stereocenters. The van der Waals surface area contributed by atoms with E-state index in [-0.39, 0.29) is 11.7 Å². The van der Waals surface area contributed by atoms with Crippen LogP contribution in [0.25, 0.3) is 0 Å². The molecule has 1 aromatic rings. The van der Waals surface area contributed by atoms with E-state index in [1.54, 1.807) is 0 Å². The summed E-state index contributed by atoms with van der Waals surface area (Å²) in [6.07, 6.45) is 1.34. The normalized spacial score (nSPS) is 11.0. The van der Waals surface area contributed by atoms with Gasteiger partial charge < -0.3 is 0 Å². The van der Waals surface area contributed by atoms with Gasteiger partial charge in [-0.05, 0) is 12.8 Å². The van der Waals surface area contributed by atoms with E-state index in [1.807, 2.05) is 13.8 Å². The van der Waals surface area contributed by atoms with Crippen molar-refractivity contribution < 1.29 is 13.2 Å². The first-order chi connectivity index (χ1) is 6.60. The van der Waals surface area contributed by atoms with Gasteiger partial charge in [-0.2, -0.15) is 13.2 Å². The summed E-state index contributed by atoms with van der Waals surface area (Å²) >= 11 is 0. The van der Waals surface area contributed by atoms with Gasteiger partial charge in [-0.15, -0.1) is 0 Å². The van der Waals surface area contributed by atoms with Crippen LogP contribution < -0.4 is 0 Å². The average Bonchev–Trinajstić information content (AvgIpc) is 2.16. The van der Waals surface area contributed by atoms with E-state index in [2.05, 4.69) is 9.97 Å². The first-order valence-corrected chi connectivity index (χ1v) is 4.48. The number of hydrogen-bond acceptors (Lipinski definition) is 2. The van der Waals surface area contributed by atoms with E-state index < -0.39 is 17.7 Å². The summed E-state index contributed by atoms with van der Waals surface area (Å²) in [4.78, 5) is 6.57. The first kappa shape index (κ1) is 10.9. The standard InChI is InChI=1S/C9H11F3N2/c1-3-5(4-2)9-13-7(11)6(10)8(12)14-9/h5H,3-4H2,1-2H3. The Kier molecular flexibility index (Phi) is 3.43. The zero-order chi connectivity index (χ0) is 10.7. The van der Waals surface area contributed by atoms with E-state index in [9.17, 15) is 13.2 Å². The van der Waals surface area contributed by atoms with Crippen LogP contribution in [0.5, 0.6) is 0 Å². The Hall–Kier alpha value is -1.13. The third-order valence-electron chi connectivity index (χ3n) is 2.14. The molecule has 0 aliphatic heterocycles. The molecule has 0 amide bonds. The molecule has 0 saturated carbocycles. The van der Waals surface area contributed by atoms with Crippen molar-refractivity contribution in [3.8, 4) is 0 Å². The fourth-order valence-electron chi connectivity index (χ4n) is 1.25. The summed E-state index contributed by atoms with van der Waals surface area (Å²) in [7, 11) is 0. The van der Waals surface area contributed by atoms with Gasteiger partial charge in [0.2, 0.25) is 5.82 Å². The monoisotopic (exact) mass is 204 g/mol. The molecule has 1 aromatic heterocycles. The molecule has 0 fully saturated rings. The first-order valence-electron chi connectivity index (χ1n) is 4.48. The Labute approximate surface area is 80.2 Å². The quantitative estimate of drug-likeness (QED) is 0.707. The van der Waals surface area contributed by atoms with Crippen LogP contribution in [0.4, 0.5) is 13.2 Å². The number of aromatic nitrogens is 2. The molecular weight excluding hydrogens is 193 g/mol. The molecule has 0 radical (unpaired) electrons. The lowest BCUT2D eigenvalue weighted by atomic mass is 10.0. The van der Waals surface area contributed by atoms with Crippen LogP contribution in [-0.4, -0.2) is 9.97 Å². The Bertz CT molecular complexity index is 301. The minimum Gasteiger partial charge on any atom is -0.201 e. The Morgan fingerprint density at radius 1 is 1.00 bits per heavy atom. The molecule has 0 atom stereocenters. The van der Waals surface area contributed by atoms with E-state index in [0.717, 1.165) is 0 Å². The van der Waals surface area contributed by atoms with Gasteiger partial charge in [0.05, 0.1) is 0 Å². The third kappa shape index (κ3) is 2.02. The van der Waals surface area contributed by atoms with Crippen LogP contribution in [0, 0.1) is 17.7 Å². The minimum absolute atomic E-state index is 0.0337. The molecule has 5 heteroatoms. The molecular formula is C9H11F3N2.